The molecule has 2 atom stereocenters. The lowest BCUT2D eigenvalue weighted by Gasteiger charge is -2.19. The third-order valence-corrected chi connectivity index (χ3v) is 5.95. The second-order valence-electron chi connectivity index (χ2n) is 7.23. The minimum atomic E-state index is -0.0459. The summed E-state index contributed by atoms with van der Waals surface area (Å²) in [4.78, 5) is 13.7. The van der Waals surface area contributed by atoms with E-state index in [4.69, 9.17) is 0 Å². The number of nitrogens with one attached hydrogen (secondary N) is 2. The summed E-state index contributed by atoms with van der Waals surface area (Å²) in [7, 11) is 0. The summed E-state index contributed by atoms with van der Waals surface area (Å²) < 4.78 is 0. The Morgan fingerprint density at radius 1 is 1.24 bits per heavy atom. The Bertz CT molecular complexity index is 658. The predicted molar refractivity (Wildman–Crippen MR) is 105 cm³/mol. The van der Waals surface area contributed by atoms with Crippen LogP contribution in [0.3, 0.4) is 0 Å². The number of amides is 1. The topological polar surface area (TPSA) is 41.1 Å². The number of rotatable bonds is 7. The van der Waals surface area contributed by atoms with Crippen LogP contribution in [0, 0.1) is 5.92 Å². The van der Waals surface area contributed by atoms with Gasteiger partial charge in [-0.2, -0.15) is 0 Å². The van der Waals surface area contributed by atoms with Gasteiger partial charge >= 0.3 is 0 Å². The standard InChI is InChI=1S/C21H28N2OS/c1-15(2)17-6-8-18(9-7-17)21(19-4-3-13-25-19)23-20(24)10-5-16-11-12-22-14-16/h3-4,6-9,13,15-16,21-22H,5,10-12,14H2,1-2H3,(H,23,24). The number of carbonyl (C=O) groups excluding carboxylic acids is 1. The normalized spacial score (nSPS) is 18.4. The predicted octanol–water partition coefficient (Wildman–Crippen LogP) is 4.47. The molecule has 1 aliphatic rings. The average molecular weight is 357 g/mol. The Hall–Kier alpha value is -1.65. The van der Waals surface area contributed by atoms with E-state index in [0.717, 1.165) is 25.1 Å². The van der Waals surface area contributed by atoms with Gasteiger partial charge in [-0.05, 0) is 60.3 Å². The molecular formula is C21H28N2OS. The van der Waals surface area contributed by atoms with E-state index < -0.39 is 0 Å². The molecule has 3 nitrogen and oxygen atoms in total. The molecule has 25 heavy (non-hydrogen) atoms. The summed E-state index contributed by atoms with van der Waals surface area (Å²) in [5.74, 6) is 1.32. The Labute approximate surface area is 154 Å². The van der Waals surface area contributed by atoms with Gasteiger partial charge in [-0.15, -0.1) is 11.3 Å². The number of benzene rings is 1. The molecule has 1 aromatic heterocycles. The highest BCUT2D eigenvalue weighted by Crippen LogP contribution is 2.28. The first kappa shape index (κ1) is 18.2. The van der Waals surface area contributed by atoms with Crippen LogP contribution in [0.2, 0.25) is 0 Å². The van der Waals surface area contributed by atoms with E-state index in [-0.39, 0.29) is 11.9 Å². The molecule has 2 N–H and O–H groups in total. The molecule has 2 heterocycles. The van der Waals surface area contributed by atoms with Gasteiger partial charge in [0.05, 0.1) is 6.04 Å². The van der Waals surface area contributed by atoms with Crippen LogP contribution in [0.15, 0.2) is 41.8 Å². The molecule has 1 amide bonds. The first-order valence-corrected chi connectivity index (χ1v) is 10.1. The van der Waals surface area contributed by atoms with Gasteiger partial charge in [0.15, 0.2) is 0 Å². The molecule has 0 radical (unpaired) electrons. The Kier molecular flexibility index (Phi) is 6.27. The van der Waals surface area contributed by atoms with Crippen LogP contribution in [0.1, 0.15) is 61.1 Å². The third-order valence-electron chi connectivity index (χ3n) is 5.01. The lowest BCUT2D eigenvalue weighted by Crippen LogP contribution is -2.29. The van der Waals surface area contributed by atoms with Crippen molar-refractivity contribution in [2.45, 2.75) is 45.1 Å². The Morgan fingerprint density at radius 3 is 2.60 bits per heavy atom. The molecule has 0 spiro atoms. The van der Waals surface area contributed by atoms with Crippen molar-refractivity contribution < 1.29 is 4.79 Å². The number of hydrogen-bond donors (Lipinski definition) is 2. The number of thiophene rings is 1. The van der Waals surface area contributed by atoms with E-state index in [1.54, 1.807) is 11.3 Å². The van der Waals surface area contributed by atoms with Crippen molar-refractivity contribution in [3.8, 4) is 0 Å². The van der Waals surface area contributed by atoms with Crippen LogP contribution >= 0.6 is 11.3 Å². The Morgan fingerprint density at radius 2 is 2.00 bits per heavy atom. The Balaban J connectivity index is 1.68. The number of hydrogen-bond acceptors (Lipinski definition) is 3. The molecule has 2 unspecified atom stereocenters. The van der Waals surface area contributed by atoms with Crippen molar-refractivity contribution in [3.05, 3.63) is 57.8 Å². The van der Waals surface area contributed by atoms with Crippen molar-refractivity contribution in [1.29, 1.82) is 0 Å². The van der Waals surface area contributed by atoms with Gasteiger partial charge in [-0.25, -0.2) is 0 Å². The summed E-state index contributed by atoms with van der Waals surface area (Å²) in [6.45, 7) is 6.54. The molecule has 4 heteroatoms. The van der Waals surface area contributed by atoms with E-state index >= 15 is 0 Å². The quantitative estimate of drug-likeness (QED) is 0.769. The lowest BCUT2D eigenvalue weighted by molar-refractivity contribution is -0.121. The summed E-state index contributed by atoms with van der Waals surface area (Å²) in [5, 5.41) is 8.70. The molecule has 1 aliphatic heterocycles. The fourth-order valence-corrected chi connectivity index (χ4v) is 4.18. The lowest BCUT2D eigenvalue weighted by atomic mass is 9.98. The van der Waals surface area contributed by atoms with Gasteiger partial charge < -0.3 is 10.6 Å². The van der Waals surface area contributed by atoms with Crippen LogP contribution in [-0.4, -0.2) is 19.0 Å². The molecular weight excluding hydrogens is 328 g/mol. The van der Waals surface area contributed by atoms with Gasteiger partial charge in [0.2, 0.25) is 5.91 Å². The summed E-state index contributed by atoms with van der Waals surface area (Å²) >= 11 is 1.70. The zero-order valence-corrected chi connectivity index (χ0v) is 15.9. The zero-order valence-electron chi connectivity index (χ0n) is 15.1. The van der Waals surface area contributed by atoms with Crippen molar-refractivity contribution in [1.82, 2.24) is 10.6 Å². The van der Waals surface area contributed by atoms with E-state index in [9.17, 15) is 4.79 Å². The van der Waals surface area contributed by atoms with Crippen molar-refractivity contribution in [2.24, 2.45) is 5.92 Å². The van der Waals surface area contributed by atoms with E-state index in [0.29, 0.717) is 18.3 Å². The highest BCUT2D eigenvalue weighted by Gasteiger charge is 2.20. The van der Waals surface area contributed by atoms with Crippen LogP contribution < -0.4 is 10.6 Å². The van der Waals surface area contributed by atoms with Gasteiger partial charge in [-0.1, -0.05) is 44.2 Å². The SMILES string of the molecule is CC(C)c1ccc(C(NC(=O)CCC2CCNC2)c2cccs2)cc1. The molecule has 2 aromatic rings. The van der Waals surface area contributed by atoms with Crippen LogP contribution in [0.4, 0.5) is 0 Å². The smallest absolute Gasteiger partial charge is 0.220 e. The minimum Gasteiger partial charge on any atom is -0.344 e. The minimum absolute atomic E-state index is 0.0459. The maximum Gasteiger partial charge on any atom is 0.220 e. The fraction of sp³-hybridized carbons (Fsp3) is 0.476. The molecule has 1 aromatic carbocycles. The van der Waals surface area contributed by atoms with Crippen LogP contribution in [0.5, 0.6) is 0 Å². The van der Waals surface area contributed by atoms with Crippen molar-refractivity contribution in [2.75, 3.05) is 13.1 Å². The average Bonchev–Trinajstić information content (AvgIpc) is 3.31. The monoisotopic (exact) mass is 356 g/mol. The first-order chi connectivity index (χ1) is 12.1. The third kappa shape index (κ3) is 4.93. The van der Waals surface area contributed by atoms with Crippen LogP contribution in [-0.2, 0) is 4.79 Å². The molecule has 0 saturated carbocycles. The summed E-state index contributed by atoms with van der Waals surface area (Å²) in [6, 6.07) is 12.8. The molecule has 1 saturated heterocycles. The van der Waals surface area contributed by atoms with Crippen molar-refractivity contribution >= 4 is 17.2 Å². The van der Waals surface area contributed by atoms with Crippen LogP contribution in [0.25, 0.3) is 0 Å². The molecule has 1 fully saturated rings. The van der Waals surface area contributed by atoms with Gasteiger partial charge in [0.1, 0.15) is 0 Å². The van der Waals surface area contributed by atoms with E-state index in [2.05, 4.69) is 60.2 Å². The van der Waals surface area contributed by atoms with Gasteiger partial charge in [0, 0.05) is 11.3 Å². The zero-order chi connectivity index (χ0) is 17.6. The maximum absolute atomic E-state index is 12.5. The summed E-state index contributed by atoms with van der Waals surface area (Å²) in [6.07, 6.45) is 2.78. The summed E-state index contributed by atoms with van der Waals surface area (Å²) in [5.41, 5.74) is 2.48. The maximum atomic E-state index is 12.5. The van der Waals surface area contributed by atoms with E-state index in [1.165, 1.54) is 16.9 Å². The largest absolute Gasteiger partial charge is 0.344 e. The highest BCUT2D eigenvalue weighted by molar-refractivity contribution is 7.10. The second kappa shape index (κ2) is 8.63. The van der Waals surface area contributed by atoms with E-state index in [1.807, 2.05) is 6.07 Å². The van der Waals surface area contributed by atoms with Gasteiger partial charge in [-0.3, -0.25) is 4.79 Å². The number of carbonyl (C=O) groups is 1. The molecule has 3 rings (SSSR count). The molecule has 0 bridgehead atoms. The second-order valence-corrected chi connectivity index (χ2v) is 8.21. The van der Waals surface area contributed by atoms with Gasteiger partial charge in [0.25, 0.3) is 0 Å². The fourth-order valence-electron chi connectivity index (χ4n) is 3.38. The molecule has 134 valence electrons. The highest BCUT2D eigenvalue weighted by atomic mass is 32.1. The van der Waals surface area contributed by atoms with Crippen molar-refractivity contribution in [3.63, 3.8) is 0 Å². The first-order valence-electron chi connectivity index (χ1n) is 9.27. The molecule has 0 aliphatic carbocycles.